The topological polar surface area (TPSA) is 257 Å². The average molecular weight is 1110 g/mol. The van der Waals surface area contributed by atoms with Gasteiger partial charge in [-0.05, 0) is 129 Å². The third-order valence-electron chi connectivity index (χ3n) is 13.4. The minimum atomic E-state index is -0.825. The number of anilines is 1. The molecule has 21 heteroatoms. The molecule has 5 N–H and O–H groups in total. The number of nitrogens with one attached hydrogen (secondary N) is 4. The quantitative estimate of drug-likeness (QED) is 0.0131. The number of ether oxygens (including phenoxy) is 9. The van der Waals surface area contributed by atoms with E-state index in [9.17, 15) is 28.8 Å². The van der Waals surface area contributed by atoms with Crippen molar-refractivity contribution in [3.63, 3.8) is 0 Å². The van der Waals surface area contributed by atoms with E-state index in [2.05, 4.69) is 16.0 Å². The van der Waals surface area contributed by atoms with Crippen molar-refractivity contribution < 1.29 is 76.6 Å². The summed E-state index contributed by atoms with van der Waals surface area (Å²) in [6.07, 6.45) is 5.92. The van der Waals surface area contributed by atoms with Crippen LogP contribution in [-0.2, 0) is 44.6 Å². The number of benzene rings is 4. The lowest BCUT2D eigenvalue weighted by Crippen LogP contribution is -2.50. The molecule has 4 aromatic carbocycles. The molecule has 21 nitrogen and oxygen atoms in total. The van der Waals surface area contributed by atoms with E-state index in [0.29, 0.717) is 108 Å². The number of carbonyl (C=O) groups is 6. The van der Waals surface area contributed by atoms with Crippen molar-refractivity contribution in [2.75, 3.05) is 93.5 Å². The number of piperidine rings is 1. The monoisotopic (exact) mass is 1110 g/mol. The largest absolute Gasteiger partial charge is 0.493 e. The van der Waals surface area contributed by atoms with Crippen molar-refractivity contribution in [3.8, 4) is 34.5 Å². The van der Waals surface area contributed by atoms with Gasteiger partial charge in [0, 0.05) is 43.7 Å². The summed E-state index contributed by atoms with van der Waals surface area (Å²) in [5.74, 6) is 0.272. The van der Waals surface area contributed by atoms with Gasteiger partial charge in [0.15, 0.2) is 29.6 Å². The SMILES string of the molecule is CC[C@H](C(=O)N1CCCC[C@@H]1C(=O)O[C@H](CCc1ccc(OC)c(OC)c1)c1cccc(OCC(=O)NCCOCCOCCNC(=O)c2ccc(NC(=O)CCCCCCC(=O)NO)cc2)c1)c1cc(OC)c(OC)c(OC)c1. The molecule has 0 aliphatic carbocycles. The number of amides is 5. The maximum atomic E-state index is 14.5. The van der Waals surface area contributed by atoms with E-state index in [1.807, 2.05) is 31.2 Å². The first-order chi connectivity index (χ1) is 38.9. The summed E-state index contributed by atoms with van der Waals surface area (Å²) >= 11 is 0. The van der Waals surface area contributed by atoms with Crippen molar-refractivity contribution in [1.82, 2.24) is 21.0 Å². The number of aryl methyl sites for hydroxylation is 1. The van der Waals surface area contributed by atoms with E-state index in [1.165, 1.54) is 21.3 Å². The van der Waals surface area contributed by atoms with E-state index in [1.54, 1.807) is 79.2 Å². The van der Waals surface area contributed by atoms with Gasteiger partial charge < -0.3 is 63.5 Å². The number of likely N-dealkylation sites (tertiary alicyclic amines) is 1. The Hall–Kier alpha value is -7.62. The molecule has 0 unspecified atom stereocenters. The van der Waals surface area contributed by atoms with Gasteiger partial charge in [-0.2, -0.15) is 0 Å². The number of hydrogen-bond acceptors (Lipinski definition) is 16. The van der Waals surface area contributed by atoms with Crippen LogP contribution in [0, 0.1) is 0 Å². The Balaban J connectivity index is 1.06. The van der Waals surface area contributed by atoms with Gasteiger partial charge in [-0.1, -0.05) is 38.0 Å². The highest BCUT2D eigenvalue weighted by Gasteiger charge is 2.38. The Labute approximate surface area is 468 Å². The zero-order chi connectivity index (χ0) is 57.7. The van der Waals surface area contributed by atoms with Crippen LogP contribution in [0.25, 0.3) is 0 Å². The maximum absolute atomic E-state index is 14.5. The lowest BCUT2D eigenvalue weighted by atomic mass is 9.91. The molecule has 436 valence electrons. The zero-order valence-corrected chi connectivity index (χ0v) is 46.9. The summed E-state index contributed by atoms with van der Waals surface area (Å²) < 4.78 is 51.2. The molecule has 3 atom stereocenters. The van der Waals surface area contributed by atoms with Crippen LogP contribution < -0.4 is 49.9 Å². The molecule has 1 fully saturated rings. The van der Waals surface area contributed by atoms with Gasteiger partial charge in [0.25, 0.3) is 11.8 Å². The molecule has 1 aliphatic heterocycles. The highest BCUT2D eigenvalue weighted by Crippen LogP contribution is 2.42. The fourth-order valence-corrected chi connectivity index (χ4v) is 9.18. The maximum Gasteiger partial charge on any atom is 0.329 e. The van der Waals surface area contributed by atoms with E-state index in [-0.39, 0.29) is 76.2 Å². The minimum absolute atomic E-state index is 0.141. The lowest BCUT2D eigenvalue weighted by molar-refractivity contribution is -0.162. The third kappa shape index (κ3) is 19.9. The molecule has 1 heterocycles. The number of unbranched alkanes of at least 4 members (excludes halogenated alkanes) is 3. The predicted octanol–water partition coefficient (Wildman–Crippen LogP) is 7.26. The van der Waals surface area contributed by atoms with Gasteiger partial charge in [0.2, 0.25) is 23.5 Å². The molecule has 0 saturated carbocycles. The summed E-state index contributed by atoms with van der Waals surface area (Å²) in [4.78, 5) is 79.4. The summed E-state index contributed by atoms with van der Waals surface area (Å²) in [5.41, 5.74) is 4.86. The Morgan fingerprint density at radius 1 is 0.662 bits per heavy atom. The second kappa shape index (κ2) is 34.4. The first kappa shape index (κ1) is 63.2. The minimum Gasteiger partial charge on any atom is -0.493 e. The normalized spacial score (nSPS) is 13.7. The number of rotatable bonds is 35. The first-order valence-electron chi connectivity index (χ1n) is 27.1. The van der Waals surface area contributed by atoms with Crippen LogP contribution in [0.1, 0.15) is 117 Å². The van der Waals surface area contributed by atoms with Gasteiger partial charge in [-0.25, -0.2) is 10.3 Å². The Kier molecular flexibility index (Phi) is 27.2. The molecule has 0 radical (unpaired) electrons. The highest BCUT2D eigenvalue weighted by molar-refractivity contribution is 5.96. The second-order valence-electron chi connectivity index (χ2n) is 18.9. The second-order valence-corrected chi connectivity index (χ2v) is 18.9. The summed E-state index contributed by atoms with van der Waals surface area (Å²) in [7, 11) is 7.70. The van der Waals surface area contributed by atoms with Crippen LogP contribution in [0.5, 0.6) is 34.5 Å². The highest BCUT2D eigenvalue weighted by atomic mass is 16.6. The molecule has 0 spiro atoms. The van der Waals surface area contributed by atoms with E-state index in [4.69, 9.17) is 47.8 Å². The molecular weight excluding hydrogens is 1030 g/mol. The van der Waals surface area contributed by atoms with Crippen molar-refractivity contribution in [3.05, 3.63) is 101 Å². The van der Waals surface area contributed by atoms with E-state index >= 15 is 0 Å². The van der Waals surface area contributed by atoms with Crippen LogP contribution in [0.4, 0.5) is 5.69 Å². The molecule has 1 aliphatic rings. The number of esters is 1. The summed E-state index contributed by atoms with van der Waals surface area (Å²) in [6, 6.07) is 22.0. The van der Waals surface area contributed by atoms with Gasteiger partial charge in [-0.3, -0.25) is 29.2 Å². The Morgan fingerprint density at radius 2 is 1.32 bits per heavy atom. The van der Waals surface area contributed by atoms with Gasteiger partial charge >= 0.3 is 5.97 Å². The molecule has 0 aromatic heterocycles. The average Bonchev–Trinajstić information content (AvgIpc) is 3.50. The lowest BCUT2D eigenvalue weighted by Gasteiger charge is -2.37. The van der Waals surface area contributed by atoms with Crippen molar-refractivity contribution in [1.29, 1.82) is 0 Å². The van der Waals surface area contributed by atoms with Crippen molar-refractivity contribution >= 4 is 41.2 Å². The van der Waals surface area contributed by atoms with Gasteiger partial charge in [-0.15, -0.1) is 0 Å². The van der Waals surface area contributed by atoms with Crippen LogP contribution in [0.3, 0.4) is 0 Å². The Bertz CT molecular complexity index is 2590. The van der Waals surface area contributed by atoms with Crippen LogP contribution in [-0.4, -0.2) is 140 Å². The first-order valence-corrected chi connectivity index (χ1v) is 27.1. The summed E-state index contributed by atoms with van der Waals surface area (Å²) in [6.45, 7) is 3.56. The Morgan fingerprint density at radius 3 is 1.96 bits per heavy atom. The van der Waals surface area contributed by atoms with Crippen LogP contribution in [0.15, 0.2) is 78.9 Å². The molecule has 1 saturated heterocycles. The van der Waals surface area contributed by atoms with Crippen molar-refractivity contribution in [2.45, 2.75) is 102 Å². The van der Waals surface area contributed by atoms with E-state index in [0.717, 1.165) is 31.2 Å². The zero-order valence-electron chi connectivity index (χ0n) is 46.9. The number of methoxy groups -OCH3 is 5. The fourth-order valence-electron chi connectivity index (χ4n) is 9.18. The molecular formula is C59H79N5O16. The van der Waals surface area contributed by atoms with Crippen LogP contribution in [0.2, 0.25) is 0 Å². The standard InChI is InChI=1S/C59H79N5O16/c1-7-46(43-37-51(74-4)56(76-6)52(38-43)75-5)58(69)64-30-13-12-17-47(64)59(70)80-48(26-20-40-21-27-49(72-2)50(35-40)73-3)42-15-14-16-45(36-42)79-39-55(67)60-28-31-77-33-34-78-32-29-61-57(68)41-22-24-44(25-23-41)62-53(65)18-10-8-9-11-19-54(66)63-71/h14-16,21-25,27,35-38,46-48,71H,7-13,17-20,26,28-34,39H2,1-6H3,(H,60,67)(H,61,68)(H,62,65)(H,63,66)/t46-,47+,48+/m0/s1. The van der Waals surface area contributed by atoms with Crippen molar-refractivity contribution in [2.24, 2.45) is 0 Å². The molecule has 5 amide bonds. The number of hydrogen-bond donors (Lipinski definition) is 5. The number of nitrogens with zero attached hydrogens (tertiary/aromatic N) is 1. The van der Waals surface area contributed by atoms with Gasteiger partial charge in [0.1, 0.15) is 17.9 Å². The number of hydroxylamine groups is 1. The summed E-state index contributed by atoms with van der Waals surface area (Å²) in [5, 5.41) is 16.9. The van der Waals surface area contributed by atoms with Gasteiger partial charge in [0.05, 0.1) is 67.9 Å². The molecule has 0 bridgehead atoms. The fraction of sp³-hybridized carbons (Fsp3) is 0.492. The molecule has 80 heavy (non-hydrogen) atoms. The third-order valence-corrected chi connectivity index (χ3v) is 13.4. The molecule has 4 aromatic rings. The predicted molar refractivity (Wildman–Crippen MR) is 297 cm³/mol. The smallest absolute Gasteiger partial charge is 0.329 e. The number of carbonyl (C=O) groups excluding carboxylic acids is 6. The van der Waals surface area contributed by atoms with E-state index < -0.39 is 29.9 Å². The molecule has 5 rings (SSSR count). The van der Waals surface area contributed by atoms with Crippen LogP contribution >= 0.6 is 0 Å².